The highest BCUT2D eigenvalue weighted by Crippen LogP contribution is 2.38. The third-order valence-corrected chi connectivity index (χ3v) is 5.92. The largest absolute Gasteiger partial charge is 0.494 e. The van der Waals surface area contributed by atoms with Gasteiger partial charge < -0.3 is 19.5 Å². The van der Waals surface area contributed by atoms with Gasteiger partial charge in [-0.15, -0.1) is 0 Å². The Morgan fingerprint density at radius 2 is 1.84 bits per heavy atom. The van der Waals surface area contributed by atoms with E-state index in [1.807, 2.05) is 62.4 Å². The Morgan fingerprint density at radius 1 is 1.12 bits per heavy atom. The van der Waals surface area contributed by atoms with Crippen molar-refractivity contribution in [3.05, 3.63) is 70.7 Å². The molecule has 166 valence electrons. The van der Waals surface area contributed by atoms with Crippen molar-refractivity contribution in [2.45, 2.75) is 33.2 Å². The molecule has 32 heavy (non-hydrogen) atoms. The molecular formula is C24H25ClN4O2S. The Bertz CT molecular complexity index is 1130. The van der Waals surface area contributed by atoms with Crippen molar-refractivity contribution in [2.24, 2.45) is 0 Å². The van der Waals surface area contributed by atoms with Gasteiger partial charge in [0.25, 0.3) is 5.89 Å². The fourth-order valence-corrected chi connectivity index (χ4v) is 4.25. The first-order valence-electron chi connectivity index (χ1n) is 10.6. The van der Waals surface area contributed by atoms with E-state index >= 15 is 0 Å². The maximum absolute atomic E-state index is 6.02. The minimum absolute atomic E-state index is 0.218. The quantitative estimate of drug-likeness (QED) is 0.435. The first-order valence-corrected chi connectivity index (χ1v) is 11.4. The van der Waals surface area contributed by atoms with Crippen LogP contribution in [0, 0.1) is 0 Å². The molecule has 1 aliphatic rings. The monoisotopic (exact) mass is 468 g/mol. The van der Waals surface area contributed by atoms with Gasteiger partial charge in [-0.25, -0.2) is 0 Å². The number of nitrogens with zero attached hydrogens (tertiary/aromatic N) is 3. The zero-order chi connectivity index (χ0) is 22.7. The number of nitrogens with one attached hydrogen (secondary N) is 1. The van der Waals surface area contributed by atoms with Crippen LogP contribution in [0.5, 0.6) is 5.75 Å². The SMILES string of the molecule is CCCN1C(=S)NC(c2ccc(OCC)cc2)C(c2nc(-c3ccc(Cl)cc3)no2)=C1C. The number of thiocarbonyl (C=S) groups is 1. The van der Waals surface area contributed by atoms with E-state index in [2.05, 4.69) is 22.3 Å². The van der Waals surface area contributed by atoms with Gasteiger partial charge in [-0.05, 0) is 74.4 Å². The third kappa shape index (κ3) is 4.49. The Morgan fingerprint density at radius 3 is 2.50 bits per heavy atom. The second kappa shape index (κ2) is 9.71. The standard InChI is InChI=1S/C24H25ClN4O2S/c1-4-14-29-15(3)20(23-27-22(28-31-23)17-6-10-18(25)11-7-17)21(26-24(29)32)16-8-12-19(13-9-16)30-5-2/h6-13,21H,4-5,14H2,1-3H3,(H,26,32). The number of halogens is 1. The van der Waals surface area contributed by atoms with Crippen LogP contribution in [0.15, 0.2) is 58.8 Å². The zero-order valence-corrected chi connectivity index (χ0v) is 19.8. The van der Waals surface area contributed by atoms with E-state index in [1.54, 1.807) is 0 Å². The molecule has 8 heteroatoms. The van der Waals surface area contributed by atoms with Crippen LogP contribution in [0.1, 0.15) is 44.7 Å². The first kappa shape index (κ1) is 22.3. The minimum Gasteiger partial charge on any atom is -0.494 e. The third-order valence-electron chi connectivity index (χ3n) is 5.33. The number of hydrogen-bond donors (Lipinski definition) is 1. The van der Waals surface area contributed by atoms with Crippen molar-refractivity contribution < 1.29 is 9.26 Å². The van der Waals surface area contributed by atoms with Crippen LogP contribution in [0.25, 0.3) is 17.0 Å². The number of benzene rings is 2. The number of allylic oxidation sites excluding steroid dienone is 1. The van der Waals surface area contributed by atoms with Crippen molar-refractivity contribution >= 4 is 34.5 Å². The zero-order valence-electron chi connectivity index (χ0n) is 18.3. The highest BCUT2D eigenvalue weighted by atomic mass is 35.5. The van der Waals surface area contributed by atoms with E-state index in [0.717, 1.165) is 41.1 Å². The lowest BCUT2D eigenvalue weighted by Crippen LogP contribution is -2.46. The topological polar surface area (TPSA) is 63.4 Å². The minimum atomic E-state index is -0.218. The molecule has 0 spiro atoms. The van der Waals surface area contributed by atoms with Crippen molar-refractivity contribution in [1.29, 1.82) is 0 Å². The lowest BCUT2D eigenvalue weighted by molar-refractivity contribution is 0.340. The van der Waals surface area contributed by atoms with Gasteiger partial charge in [-0.1, -0.05) is 35.8 Å². The maximum atomic E-state index is 6.02. The van der Waals surface area contributed by atoms with Crippen LogP contribution in [-0.4, -0.2) is 33.3 Å². The van der Waals surface area contributed by atoms with Gasteiger partial charge in [0.15, 0.2) is 5.11 Å². The highest BCUT2D eigenvalue weighted by molar-refractivity contribution is 7.80. The summed E-state index contributed by atoms with van der Waals surface area (Å²) in [4.78, 5) is 6.80. The van der Waals surface area contributed by atoms with Crippen LogP contribution >= 0.6 is 23.8 Å². The summed E-state index contributed by atoms with van der Waals surface area (Å²) in [5, 5.41) is 9.03. The van der Waals surface area contributed by atoms with Crippen LogP contribution < -0.4 is 10.1 Å². The molecule has 0 bridgehead atoms. The normalized spacial score (nSPS) is 16.3. The molecule has 0 fully saturated rings. The molecule has 0 radical (unpaired) electrons. The Labute approximate surface area is 198 Å². The Hall–Kier alpha value is -2.90. The molecule has 0 amide bonds. The molecule has 1 aromatic heterocycles. The molecule has 2 heterocycles. The van der Waals surface area contributed by atoms with Gasteiger partial charge in [0.05, 0.1) is 18.2 Å². The fraction of sp³-hybridized carbons (Fsp3) is 0.292. The summed E-state index contributed by atoms with van der Waals surface area (Å²) in [5.74, 6) is 1.80. The fourth-order valence-electron chi connectivity index (χ4n) is 3.77. The second-order valence-electron chi connectivity index (χ2n) is 7.47. The van der Waals surface area contributed by atoms with E-state index in [-0.39, 0.29) is 6.04 Å². The van der Waals surface area contributed by atoms with Crippen molar-refractivity contribution in [2.75, 3.05) is 13.2 Å². The average Bonchev–Trinajstić information content (AvgIpc) is 3.27. The molecule has 0 aliphatic carbocycles. The Balaban J connectivity index is 1.76. The molecule has 4 rings (SSSR count). The van der Waals surface area contributed by atoms with Gasteiger partial charge in [0.1, 0.15) is 5.75 Å². The lowest BCUT2D eigenvalue weighted by Gasteiger charge is -2.37. The van der Waals surface area contributed by atoms with Gasteiger partial charge in [0.2, 0.25) is 5.82 Å². The van der Waals surface area contributed by atoms with Crippen LogP contribution in [0.2, 0.25) is 5.02 Å². The summed E-state index contributed by atoms with van der Waals surface area (Å²) >= 11 is 11.7. The van der Waals surface area contributed by atoms with E-state index in [4.69, 9.17) is 38.1 Å². The number of aromatic nitrogens is 2. The van der Waals surface area contributed by atoms with E-state index < -0.39 is 0 Å². The van der Waals surface area contributed by atoms with Crippen LogP contribution in [0.3, 0.4) is 0 Å². The molecule has 6 nitrogen and oxygen atoms in total. The van der Waals surface area contributed by atoms with E-state index in [1.165, 1.54) is 0 Å². The van der Waals surface area contributed by atoms with Gasteiger partial charge >= 0.3 is 0 Å². The lowest BCUT2D eigenvalue weighted by atomic mass is 9.94. The number of hydrogen-bond acceptors (Lipinski definition) is 5. The highest BCUT2D eigenvalue weighted by Gasteiger charge is 2.33. The molecule has 1 N–H and O–H groups in total. The summed E-state index contributed by atoms with van der Waals surface area (Å²) in [6.07, 6.45) is 0.958. The maximum Gasteiger partial charge on any atom is 0.258 e. The predicted octanol–water partition coefficient (Wildman–Crippen LogP) is 5.86. The van der Waals surface area contributed by atoms with E-state index in [0.29, 0.717) is 28.5 Å². The van der Waals surface area contributed by atoms with Crippen molar-refractivity contribution in [3.8, 4) is 17.1 Å². The second-order valence-corrected chi connectivity index (χ2v) is 8.29. The molecule has 0 saturated heterocycles. The number of ether oxygens (including phenoxy) is 1. The molecular weight excluding hydrogens is 444 g/mol. The van der Waals surface area contributed by atoms with Crippen LogP contribution in [0.4, 0.5) is 0 Å². The van der Waals surface area contributed by atoms with Crippen LogP contribution in [-0.2, 0) is 0 Å². The summed E-state index contributed by atoms with van der Waals surface area (Å²) in [7, 11) is 0. The predicted molar refractivity (Wildman–Crippen MR) is 130 cm³/mol. The summed E-state index contributed by atoms with van der Waals surface area (Å²) < 4.78 is 11.3. The van der Waals surface area contributed by atoms with Gasteiger partial charge in [-0.3, -0.25) is 0 Å². The molecule has 1 aliphatic heterocycles. The molecule has 1 unspecified atom stereocenters. The van der Waals surface area contributed by atoms with Crippen molar-refractivity contribution in [1.82, 2.24) is 20.4 Å². The molecule has 3 aromatic rings. The molecule has 1 atom stereocenters. The summed E-state index contributed by atoms with van der Waals surface area (Å²) in [6, 6.07) is 15.1. The summed E-state index contributed by atoms with van der Waals surface area (Å²) in [5.41, 5.74) is 3.78. The Kier molecular flexibility index (Phi) is 6.77. The van der Waals surface area contributed by atoms with Gasteiger partial charge in [-0.2, -0.15) is 4.98 Å². The average molecular weight is 469 g/mol. The van der Waals surface area contributed by atoms with Crippen molar-refractivity contribution in [3.63, 3.8) is 0 Å². The number of rotatable bonds is 7. The molecule has 0 saturated carbocycles. The summed E-state index contributed by atoms with van der Waals surface area (Å²) in [6.45, 7) is 7.56. The van der Waals surface area contributed by atoms with E-state index in [9.17, 15) is 0 Å². The van der Waals surface area contributed by atoms with Gasteiger partial charge in [0, 0.05) is 22.8 Å². The molecule has 2 aromatic carbocycles. The smallest absolute Gasteiger partial charge is 0.258 e. The first-order chi connectivity index (χ1) is 15.5.